The lowest BCUT2D eigenvalue weighted by Crippen LogP contribution is -2.39. The number of carboxylic acids is 4. The molecule has 0 unspecified atom stereocenters. The summed E-state index contributed by atoms with van der Waals surface area (Å²) < 4.78 is 0. The molecule has 0 rings (SSSR count). The lowest BCUT2D eigenvalue weighted by atomic mass is 9.79. The second-order valence-corrected chi connectivity index (χ2v) is 4.17. The number of carbonyl (C=O) groups is 4. The fourth-order valence-electron chi connectivity index (χ4n) is 1.75. The third kappa shape index (κ3) is 3.94. The van der Waals surface area contributed by atoms with E-state index in [-0.39, 0.29) is 25.7 Å². The maximum absolute atomic E-state index is 11.0. The molecule has 0 aromatic rings. The standard InChI is InChI=1S/C11H16O8/c1-2-11(9(16)17,10(18)19)5-3-4-6(7(12)13)8(14)15/h6H,2-5H2,1H3,(H,12,13)(H,14,15)(H,16,17)(H,18,19). The monoisotopic (exact) mass is 276 g/mol. The van der Waals surface area contributed by atoms with Crippen LogP contribution in [0, 0.1) is 11.3 Å². The Morgan fingerprint density at radius 3 is 1.63 bits per heavy atom. The van der Waals surface area contributed by atoms with E-state index in [9.17, 15) is 19.2 Å². The molecule has 8 nitrogen and oxygen atoms in total. The SMILES string of the molecule is CCC(CCCC(C(=O)O)C(=O)O)(C(=O)O)C(=O)O. The van der Waals surface area contributed by atoms with Gasteiger partial charge in [-0.2, -0.15) is 0 Å². The van der Waals surface area contributed by atoms with Gasteiger partial charge in [0.1, 0.15) is 0 Å². The Balaban J connectivity index is 4.76. The first kappa shape index (κ1) is 16.9. The zero-order valence-electron chi connectivity index (χ0n) is 10.3. The smallest absolute Gasteiger partial charge is 0.321 e. The number of aliphatic carboxylic acids is 4. The first-order valence-corrected chi connectivity index (χ1v) is 5.61. The molecule has 0 radical (unpaired) electrons. The quantitative estimate of drug-likeness (QED) is 0.445. The largest absolute Gasteiger partial charge is 0.481 e. The molecule has 0 fully saturated rings. The summed E-state index contributed by atoms with van der Waals surface area (Å²) in [6.07, 6.45) is -0.906. The van der Waals surface area contributed by atoms with Crippen molar-refractivity contribution in [2.45, 2.75) is 32.6 Å². The number of hydrogen-bond donors (Lipinski definition) is 4. The van der Waals surface area contributed by atoms with E-state index in [0.717, 1.165) is 0 Å². The van der Waals surface area contributed by atoms with Crippen LogP contribution in [0.4, 0.5) is 0 Å². The predicted octanol–water partition coefficient (Wildman–Crippen LogP) is 0.508. The molecule has 0 aliphatic carbocycles. The molecule has 0 aromatic carbocycles. The first-order valence-electron chi connectivity index (χ1n) is 5.61. The summed E-state index contributed by atoms with van der Waals surface area (Å²) in [6, 6.07) is 0. The van der Waals surface area contributed by atoms with Crippen molar-refractivity contribution in [1.29, 1.82) is 0 Å². The van der Waals surface area contributed by atoms with Crippen molar-refractivity contribution < 1.29 is 39.6 Å². The van der Waals surface area contributed by atoms with E-state index in [2.05, 4.69) is 0 Å². The Bertz CT molecular complexity index is 358. The van der Waals surface area contributed by atoms with Crippen LogP contribution >= 0.6 is 0 Å². The minimum atomic E-state index is -2.00. The highest BCUT2D eigenvalue weighted by atomic mass is 16.4. The highest BCUT2D eigenvalue weighted by Crippen LogP contribution is 2.30. The van der Waals surface area contributed by atoms with Crippen molar-refractivity contribution in [1.82, 2.24) is 0 Å². The van der Waals surface area contributed by atoms with E-state index in [4.69, 9.17) is 20.4 Å². The zero-order chi connectivity index (χ0) is 15.2. The van der Waals surface area contributed by atoms with E-state index >= 15 is 0 Å². The topological polar surface area (TPSA) is 149 Å². The van der Waals surface area contributed by atoms with E-state index in [1.165, 1.54) is 6.92 Å². The first-order chi connectivity index (χ1) is 8.69. The lowest BCUT2D eigenvalue weighted by Gasteiger charge is -2.23. The van der Waals surface area contributed by atoms with Crippen LogP contribution in [0.25, 0.3) is 0 Å². The third-order valence-corrected chi connectivity index (χ3v) is 3.11. The summed E-state index contributed by atoms with van der Waals surface area (Å²) in [5.41, 5.74) is -2.00. The summed E-state index contributed by atoms with van der Waals surface area (Å²) in [5.74, 6) is -7.73. The van der Waals surface area contributed by atoms with Gasteiger partial charge in [-0.25, -0.2) is 0 Å². The van der Waals surface area contributed by atoms with Crippen LogP contribution < -0.4 is 0 Å². The molecule has 108 valence electrons. The highest BCUT2D eigenvalue weighted by molar-refractivity contribution is 5.98. The van der Waals surface area contributed by atoms with Gasteiger partial charge in [0.15, 0.2) is 11.3 Å². The van der Waals surface area contributed by atoms with Gasteiger partial charge in [0.05, 0.1) is 0 Å². The van der Waals surface area contributed by atoms with Crippen molar-refractivity contribution in [3.63, 3.8) is 0 Å². The fraction of sp³-hybridized carbons (Fsp3) is 0.636. The Morgan fingerprint density at radius 1 is 0.947 bits per heavy atom. The van der Waals surface area contributed by atoms with Gasteiger partial charge >= 0.3 is 23.9 Å². The predicted molar refractivity (Wildman–Crippen MR) is 60.6 cm³/mol. The Kier molecular flexibility index (Phi) is 5.97. The average Bonchev–Trinajstić information content (AvgIpc) is 2.27. The summed E-state index contributed by atoms with van der Waals surface area (Å²) in [5, 5.41) is 35.2. The molecule has 0 aliphatic heterocycles. The van der Waals surface area contributed by atoms with E-state index in [1.54, 1.807) is 0 Å². The average molecular weight is 276 g/mol. The molecule has 0 saturated heterocycles. The molecule has 0 atom stereocenters. The van der Waals surface area contributed by atoms with Gasteiger partial charge in [-0.15, -0.1) is 0 Å². The van der Waals surface area contributed by atoms with Crippen LogP contribution in [-0.4, -0.2) is 44.3 Å². The van der Waals surface area contributed by atoms with Gasteiger partial charge in [-0.3, -0.25) is 19.2 Å². The molecular weight excluding hydrogens is 260 g/mol. The van der Waals surface area contributed by atoms with Crippen LogP contribution in [0.15, 0.2) is 0 Å². The van der Waals surface area contributed by atoms with Gasteiger partial charge in [0, 0.05) is 0 Å². The summed E-state index contributed by atoms with van der Waals surface area (Å²) in [4.78, 5) is 43.3. The molecule has 0 heterocycles. The maximum atomic E-state index is 11.0. The second-order valence-electron chi connectivity index (χ2n) is 4.17. The lowest BCUT2D eigenvalue weighted by molar-refractivity contribution is -0.165. The zero-order valence-corrected chi connectivity index (χ0v) is 10.3. The van der Waals surface area contributed by atoms with E-state index in [1.807, 2.05) is 0 Å². The molecule has 4 N–H and O–H groups in total. The van der Waals surface area contributed by atoms with Crippen LogP contribution in [0.3, 0.4) is 0 Å². The summed E-state index contributed by atoms with van der Waals surface area (Å²) in [6.45, 7) is 1.40. The van der Waals surface area contributed by atoms with Crippen molar-refractivity contribution in [3.8, 4) is 0 Å². The molecule has 0 saturated carbocycles. The van der Waals surface area contributed by atoms with Gasteiger partial charge in [0.2, 0.25) is 0 Å². The van der Waals surface area contributed by atoms with E-state index in [0.29, 0.717) is 0 Å². The van der Waals surface area contributed by atoms with Crippen LogP contribution in [-0.2, 0) is 19.2 Å². The fourth-order valence-corrected chi connectivity index (χ4v) is 1.75. The Hall–Kier alpha value is -2.12. The van der Waals surface area contributed by atoms with Crippen molar-refractivity contribution in [2.75, 3.05) is 0 Å². The normalized spacial score (nSPS) is 11.3. The van der Waals surface area contributed by atoms with Gasteiger partial charge in [-0.05, 0) is 19.3 Å². The Morgan fingerprint density at radius 2 is 1.37 bits per heavy atom. The minimum Gasteiger partial charge on any atom is -0.481 e. The molecule has 0 spiro atoms. The number of rotatable bonds is 9. The summed E-state index contributed by atoms with van der Waals surface area (Å²) >= 11 is 0. The van der Waals surface area contributed by atoms with Crippen LogP contribution in [0.5, 0.6) is 0 Å². The molecule has 0 amide bonds. The number of carboxylic acid groups (broad SMARTS) is 4. The molecule has 8 heteroatoms. The van der Waals surface area contributed by atoms with Gasteiger partial charge in [-0.1, -0.05) is 13.3 Å². The second kappa shape index (κ2) is 6.72. The third-order valence-electron chi connectivity index (χ3n) is 3.11. The molecule has 0 bridgehead atoms. The minimum absolute atomic E-state index is 0.115. The Labute approximate surface area is 108 Å². The highest BCUT2D eigenvalue weighted by Gasteiger charge is 2.44. The van der Waals surface area contributed by atoms with Crippen molar-refractivity contribution >= 4 is 23.9 Å². The summed E-state index contributed by atoms with van der Waals surface area (Å²) in [7, 11) is 0. The van der Waals surface area contributed by atoms with Crippen LogP contribution in [0.2, 0.25) is 0 Å². The van der Waals surface area contributed by atoms with Gasteiger partial charge in [0.25, 0.3) is 0 Å². The van der Waals surface area contributed by atoms with E-state index < -0.39 is 35.2 Å². The molecule has 0 aromatic heterocycles. The van der Waals surface area contributed by atoms with Crippen LogP contribution in [0.1, 0.15) is 32.6 Å². The maximum Gasteiger partial charge on any atom is 0.321 e. The number of hydrogen-bond acceptors (Lipinski definition) is 4. The van der Waals surface area contributed by atoms with Crippen molar-refractivity contribution in [2.24, 2.45) is 11.3 Å². The van der Waals surface area contributed by atoms with Gasteiger partial charge < -0.3 is 20.4 Å². The molecule has 0 aliphatic rings. The van der Waals surface area contributed by atoms with Crippen molar-refractivity contribution in [3.05, 3.63) is 0 Å². The molecule has 19 heavy (non-hydrogen) atoms. The molecular formula is C11H16O8.